The lowest BCUT2D eigenvalue weighted by atomic mass is 9.96. The van der Waals surface area contributed by atoms with Gasteiger partial charge in [-0.3, -0.25) is 4.98 Å². The average Bonchev–Trinajstić information content (AvgIpc) is 3.68. The second kappa shape index (κ2) is 10.1. The molecule has 1 N–H and O–H groups in total. The normalized spacial score (nSPS) is 20.2. The number of anilines is 2. The van der Waals surface area contributed by atoms with E-state index < -0.39 is 0 Å². The van der Waals surface area contributed by atoms with E-state index >= 15 is 0 Å². The maximum absolute atomic E-state index is 5.95. The fourth-order valence-electron chi connectivity index (χ4n) is 6.10. The van der Waals surface area contributed by atoms with Crippen molar-refractivity contribution in [2.45, 2.75) is 25.9 Å². The molecule has 2 saturated heterocycles. The Morgan fingerprint density at radius 1 is 0.875 bits per heavy atom. The monoisotopic (exact) mass is 553 g/mol. The third kappa shape index (κ3) is 4.26. The number of hydrogen-bond acceptors (Lipinski definition) is 6. The van der Waals surface area contributed by atoms with Gasteiger partial charge in [0.1, 0.15) is 0 Å². The molecule has 2 aromatic heterocycles. The number of ether oxygens (including phenoxy) is 3. The molecule has 0 unspecified atom stereocenters. The van der Waals surface area contributed by atoms with Crippen LogP contribution in [0.1, 0.15) is 34.7 Å². The minimum absolute atomic E-state index is 0.115. The molecule has 2 atom stereocenters. The number of benzene rings is 2. The lowest BCUT2D eigenvalue weighted by Gasteiger charge is -2.29. The van der Waals surface area contributed by atoms with E-state index in [9.17, 15) is 0 Å². The molecule has 40 heavy (non-hydrogen) atoms. The molecule has 2 fully saturated rings. The molecule has 0 spiro atoms. The van der Waals surface area contributed by atoms with Crippen molar-refractivity contribution < 1.29 is 14.2 Å². The summed E-state index contributed by atoms with van der Waals surface area (Å²) in [5.74, 6) is 1.48. The zero-order chi connectivity index (χ0) is 27.2. The molecule has 5 heterocycles. The molecule has 0 amide bonds. The van der Waals surface area contributed by atoms with Crippen LogP contribution in [0.2, 0.25) is 0 Å². The van der Waals surface area contributed by atoms with Gasteiger partial charge in [-0.1, -0.05) is 6.07 Å². The molecule has 0 aliphatic carbocycles. The highest BCUT2D eigenvalue weighted by Crippen LogP contribution is 2.46. The van der Waals surface area contributed by atoms with Gasteiger partial charge in [0.15, 0.2) is 16.6 Å². The van der Waals surface area contributed by atoms with Crippen molar-refractivity contribution in [3.05, 3.63) is 95.6 Å². The number of fused-ring (bicyclic) bond motifs is 1. The molecule has 3 aliphatic heterocycles. The highest BCUT2D eigenvalue weighted by molar-refractivity contribution is 7.80. The number of nitrogens with one attached hydrogen (secondary N) is 1. The molecule has 204 valence electrons. The zero-order valence-corrected chi connectivity index (χ0v) is 23.4. The molecule has 0 radical (unpaired) electrons. The van der Waals surface area contributed by atoms with Crippen molar-refractivity contribution in [3.63, 3.8) is 0 Å². The highest BCUT2D eigenvalue weighted by Gasteiger charge is 2.42. The zero-order valence-electron chi connectivity index (χ0n) is 22.5. The van der Waals surface area contributed by atoms with Gasteiger partial charge in [-0.05, 0) is 86.2 Å². The van der Waals surface area contributed by atoms with E-state index in [1.54, 1.807) is 0 Å². The third-order valence-corrected chi connectivity index (χ3v) is 8.32. The Morgan fingerprint density at radius 3 is 2.40 bits per heavy atom. The van der Waals surface area contributed by atoms with Crippen molar-refractivity contribution >= 4 is 28.7 Å². The van der Waals surface area contributed by atoms with Crippen LogP contribution in [0.4, 0.5) is 11.4 Å². The first-order chi connectivity index (χ1) is 19.6. The number of thiocarbonyl (C=S) groups is 1. The van der Waals surface area contributed by atoms with Crippen molar-refractivity contribution in [2.75, 3.05) is 42.9 Å². The van der Waals surface area contributed by atoms with Gasteiger partial charge in [-0.25, -0.2) is 0 Å². The van der Waals surface area contributed by atoms with E-state index in [-0.39, 0.29) is 18.9 Å². The van der Waals surface area contributed by atoms with E-state index in [2.05, 4.69) is 69.9 Å². The summed E-state index contributed by atoms with van der Waals surface area (Å²) < 4.78 is 19.1. The Hall–Kier alpha value is -4.08. The third-order valence-electron chi connectivity index (χ3n) is 8.01. The first kappa shape index (κ1) is 24.9. The maximum atomic E-state index is 5.95. The Bertz CT molecular complexity index is 1550. The van der Waals surface area contributed by atoms with Gasteiger partial charge in [0.2, 0.25) is 6.79 Å². The topological polar surface area (TPSA) is 64.0 Å². The Kier molecular flexibility index (Phi) is 6.32. The lowest BCUT2D eigenvalue weighted by molar-refractivity contribution is 0.122. The van der Waals surface area contributed by atoms with Crippen LogP contribution in [0.3, 0.4) is 0 Å². The minimum atomic E-state index is -0.128. The molecular formula is C31H31N5O3S. The second-order valence-electron chi connectivity index (χ2n) is 10.3. The van der Waals surface area contributed by atoms with Crippen LogP contribution < -0.4 is 24.6 Å². The summed E-state index contributed by atoms with van der Waals surface area (Å²) in [5.41, 5.74) is 7.77. The van der Waals surface area contributed by atoms with E-state index in [0.29, 0.717) is 5.11 Å². The summed E-state index contributed by atoms with van der Waals surface area (Å²) in [6.45, 7) is 7.97. The minimum Gasteiger partial charge on any atom is -0.454 e. The average molecular weight is 554 g/mol. The molecule has 8 nitrogen and oxygen atoms in total. The second-order valence-corrected chi connectivity index (χ2v) is 10.7. The predicted molar refractivity (Wildman–Crippen MR) is 159 cm³/mol. The Morgan fingerprint density at radius 2 is 1.62 bits per heavy atom. The van der Waals surface area contributed by atoms with Crippen LogP contribution in [0.25, 0.3) is 5.69 Å². The number of aromatic nitrogens is 2. The van der Waals surface area contributed by atoms with E-state index in [4.69, 9.17) is 31.4 Å². The van der Waals surface area contributed by atoms with E-state index in [1.165, 1.54) is 16.9 Å². The quantitative estimate of drug-likeness (QED) is 0.337. The van der Waals surface area contributed by atoms with E-state index in [1.807, 2.05) is 36.5 Å². The number of pyridine rings is 1. The number of rotatable bonds is 5. The van der Waals surface area contributed by atoms with Gasteiger partial charge < -0.3 is 33.9 Å². The van der Waals surface area contributed by atoms with Gasteiger partial charge in [-0.2, -0.15) is 0 Å². The molecule has 3 aliphatic rings. The van der Waals surface area contributed by atoms with Crippen molar-refractivity contribution in [3.8, 4) is 17.2 Å². The van der Waals surface area contributed by atoms with Crippen LogP contribution in [0.5, 0.6) is 11.5 Å². The first-order valence-corrected chi connectivity index (χ1v) is 14.0. The molecule has 2 aromatic carbocycles. The number of morpholine rings is 1. The SMILES string of the molecule is Cc1cc([C@@H]2[C@H](c3ccccn3)NC(=S)N2c2ccc3c(c2)OCO3)c(C)n1-c1ccc(N2CCOCC2)cc1. The fraction of sp³-hybridized carbons (Fsp3) is 0.290. The van der Waals surface area contributed by atoms with Crippen LogP contribution in [-0.4, -0.2) is 47.8 Å². The molecular weight excluding hydrogens is 522 g/mol. The smallest absolute Gasteiger partial charge is 0.231 e. The molecule has 7 rings (SSSR count). The first-order valence-electron chi connectivity index (χ1n) is 13.6. The standard InChI is InChI=1S/C31H31N5O3S/c1-20-17-25(21(2)35(20)23-8-6-22(7-9-23)34-13-15-37-16-14-34)30-29(26-5-3-4-12-32-26)33-31(40)36(30)24-10-11-27-28(18-24)39-19-38-27/h3-12,17-18,29-30H,13-16,19H2,1-2H3,(H,33,40)/t29-,30+/m0/s1. The highest BCUT2D eigenvalue weighted by atomic mass is 32.1. The van der Waals surface area contributed by atoms with Crippen molar-refractivity contribution in [1.82, 2.24) is 14.9 Å². The van der Waals surface area contributed by atoms with Gasteiger partial charge >= 0.3 is 0 Å². The van der Waals surface area contributed by atoms with Crippen molar-refractivity contribution in [2.24, 2.45) is 0 Å². The fourth-order valence-corrected chi connectivity index (χ4v) is 6.45. The number of nitrogens with zero attached hydrogens (tertiary/aromatic N) is 4. The molecule has 0 bridgehead atoms. The van der Waals surface area contributed by atoms with Gasteiger partial charge in [0.25, 0.3) is 0 Å². The predicted octanol–water partition coefficient (Wildman–Crippen LogP) is 5.23. The lowest BCUT2D eigenvalue weighted by Crippen LogP contribution is -2.36. The largest absolute Gasteiger partial charge is 0.454 e. The summed E-state index contributed by atoms with van der Waals surface area (Å²) in [6.07, 6.45) is 1.83. The maximum Gasteiger partial charge on any atom is 0.231 e. The Labute approximate surface area is 239 Å². The van der Waals surface area contributed by atoms with Crippen molar-refractivity contribution in [1.29, 1.82) is 0 Å². The molecule has 0 saturated carbocycles. The summed E-state index contributed by atoms with van der Waals surface area (Å²) in [4.78, 5) is 9.27. The summed E-state index contributed by atoms with van der Waals surface area (Å²) >= 11 is 5.95. The molecule has 4 aromatic rings. The van der Waals surface area contributed by atoms with Gasteiger partial charge in [0.05, 0.1) is 31.0 Å². The van der Waals surface area contributed by atoms with E-state index in [0.717, 1.165) is 60.6 Å². The summed E-state index contributed by atoms with van der Waals surface area (Å²) in [6, 6.07) is 22.9. The molecule has 9 heteroatoms. The van der Waals surface area contributed by atoms with Gasteiger partial charge in [-0.15, -0.1) is 0 Å². The Balaban J connectivity index is 1.30. The van der Waals surface area contributed by atoms with Crippen LogP contribution in [0.15, 0.2) is 72.9 Å². The summed E-state index contributed by atoms with van der Waals surface area (Å²) in [7, 11) is 0. The van der Waals surface area contributed by atoms with Crippen LogP contribution >= 0.6 is 12.2 Å². The van der Waals surface area contributed by atoms with Crippen LogP contribution in [-0.2, 0) is 4.74 Å². The number of aryl methyl sites for hydroxylation is 1. The number of hydrogen-bond donors (Lipinski definition) is 1. The van der Waals surface area contributed by atoms with Gasteiger partial charge in [0, 0.05) is 53.8 Å². The van der Waals surface area contributed by atoms with Crippen LogP contribution in [0, 0.1) is 13.8 Å². The summed E-state index contributed by atoms with van der Waals surface area (Å²) in [5, 5.41) is 4.22.